The molecule has 0 rings (SSSR count). The van der Waals surface area contributed by atoms with Crippen LogP contribution in [0, 0.1) is 0 Å². The third-order valence-corrected chi connectivity index (χ3v) is 2.24. The predicted molar refractivity (Wildman–Crippen MR) is 57.6 cm³/mol. The van der Waals surface area contributed by atoms with Gasteiger partial charge in [0.05, 0.1) is 0 Å². The van der Waals surface area contributed by atoms with E-state index in [1.807, 2.05) is 0 Å². The van der Waals surface area contributed by atoms with Crippen molar-refractivity contribution in [1.29, 1.82) is 0 Å². The van der Waals surface area contributed by atoms with Crippen LogP contribution in [-0.2, 0) is 0 Å². The number of hydrogen-bond acceptors (Lipinski definition) is 0. The normalized spacial score (nSPS) is 10.2. The van der Waals surface area contributed by atoms with E-state index >= 15 is 0 Å². The van der Waals surface area contributed by atoms with Crippen LogP contribution in [0.2, 0.25) is 0 Å². The van der Waals surface area contributed by atoms with E-state index in [1.165, 1.54) is 44.9 Å². The molecule has 0 aliphatic heterocycles. The van der Waals surface area contributed by atoms with Gasteiger partial charge in [-0.25, -0.2) is 0 Å². The van der Waals surface area contributed by atoms with Crippen LogP contribution in [0.5, 0.6) is 0 Å². The van der Waals surface area contributed by atoms with Gasteiger partial charge in [0.15, 0.2) is 0 Å². The molecule has 12 heavy (non-hydrogen) atoms. The molecule has 72 valence electrons. The zero-order chi connectivity index (χ0) is 9.23. The summed E-state index contributed by atoms with van der Waals surface area (Å²) in [6.45, 7) is 5.92. The molecule has 0 unspecified atom stereocenters. The van der Waals surface area contributed by atoms with Gasteiger partial charge in [-0.05, 0) is 12.8 Å². The van der Waals surface area contributed by atoms with Crippen LogP contribution >= 0.6 is 11.6 Å². The van der Waals surface area contributed by atoms with Gasteiger partial charge in [-0.2, -0.15) is 0 Å². The van der Waals surface area contributed by atoms with E-state index in [9.17, 15) is 0 Å². The molecular weight excluding hydrogens is 168 g/mol. The molecule has 0 aromatic heterocycles. The summed E-state index contributed by atoms with van der Waals surface area (Å²) in [6.07, 6.45) is 10.4. The highest BCUT2D eigenvalue weighted by atomic mass is 35.5. The Labute approximate surface area is 82.0 Å². The Balaban J connectivity index is 2.86. The fourth-order valence-corrected chi connectivity index (χ4v) is 1.41. The summed E-state index contributed by atoms with van der Waals surface area (Å²) < 4.78 is 0. The minimum absolute atomic E-state index is 0.809. The second-order valence-electron chi connectivity index (χ2n) is 3.39. The van der Waals surface area contributed by atoms with Crippen LogP contribution in [0.3, 0.4) is 0 Å². The van der Waals surface area contributed by atoms with Gasteiger partial charge in [0.25, 0.3) is 0 Å². The van der Waals surface area contributed by atoms with Gasteiger partial charge in [0, 0.05) is 5.03 Å². The minimum atomic E-state index is 0.809. The number of allylic oxidation sites excluding steroid dienone is 1. The summed E-state index contributed by atoms with van der Waals surface area (Å²) in [5, 5.41) is 0.809. The van der Waals surface area contributed by atoms with Crippen LogP contribution in [0.4, 0.5) is 0 Å². The molecule has 0 N–H and O–H groups in total. The minimum Gasteiger partial charge on any atom is -0.0898 e. The third-order valence-electron chi connectivity index (χ3n) is 2.05. The average Bonchev–Trinajstić information content (AvgIpc) is 2.02. The molecule has 0 aliphatic rings. The molecule has 0 amide bonds. The lowest BCUT2D eigenvalue weighted by Crippen LogP contribution is -1.79. The zero-order valence-corrected chi connectivity index (χ0v) is 9.00. The van der Waals surface area contributed by atoms with Crippen LogP contribution in [0.1, 0.15) is 58.3 Å². The predicted octanol–water partition coefficient (Wildman–Crippen LogP) is 4.88. The number of unbranched alkanes of at least 4 members (excludes halogenated alkanes) is 6. The van der Waals surface area contributed by atoms with Crippen LogP contribution in [-0.4, -0.2) is 0 Å². The fraction of sp³-hybridized carbons (Fsp3) is 0.818. The van der Waals surface area contributed by atoms with Gasteiger partial charge >= 0.3 is 0 Å². The molecule has 0 aliphatic carbocycles. The van der Waals surface area contributed by atoms with Gasteiger partial charge in [0.1, 0.15) is 0 Å². The summed E-state index contributed by atoms with van der Waals surface area (Å²) in [5.41, 5.74) is 0. The third kappa shape index (κ3) is 10.0. The Hall–Kier alpha value is 0.0300. The molecule has 0 saturated carbocycles. The Kier molecular flexibility index (Phi) is 9.14. The SMILES string of the molecule is C=C(Cl)CCCCCCCCC. The van der Waals surface area contributed by atoms with E-state index in [-0.39, 0.29) is 0 Å². The van der Waals surface area contributed by atoms with Gasteiger partial charge in [-0.15, -0.1) is 0 Å². The first kappa shape index (κ1) is 12.0. The highest BCUT2D eigenvalue weighted by molar-refractivity contribution is 6.29. The zero-order valence-electron chi connectivity index (χ0n) is 8.24. The van der Waals surface area contributed by atoms with Gasteiger partial charge < -0.3 is 0 Å². The first-order valence-corrected chi connectivity index (χ1v) is 5.48. The highest BCUT2D eigenvalue weighted by Crippen LogP contribution is 2.12. The number of hydrogen-bond donors (Lipinski definition) is 0. The van der Waals surface area contributed by atoms with Crippen molar-refractivity contribution in [3.05, 3.63) is 11.6 Å². The lowest BCUT2D eigenvalue weighted by molar-refractivity contribution is 0.591. The maximum absolute atomic E-state index is 5.65. The Morgan fingerprint density at radius 2 is 1.50 bits per heavy atom. The maximum Gasteiger partial charge on any atom is 0.0109 e. The molecule has 1 heteroatoms. The summed E-state index contributed by atoms with van der Waals surface area (Å²) >= 11 is 5.65. The van der Waals surface area contributed by atoms with E-state index < -0.39 is 0 Å². The van der Waals surface area contributed by atoms with E-state index in [2.05, 4.69) is 13.5 Å². The number of rotatable bonds is 8. The number of halogens is 1. The van der Waals surface area contributed by atoms with E-state index in [0.29, 0.717) is 0 Å². The van der Waals surface area contributed by atoms with Crippen molar-refractivity contribution in [2.24, 2.45) is 0 Å². The lowest BCUT2D eigenvalue weighted by atomic mass is 10.1. The quantitative estimate of drug-likeness (QED) is 0.477. The molecule has 0 radical (unpaired) electrons. The molecular formula is C11H21Cl. The topological polar surface area (TPSA) is 0 Å². The Morgan fingerprint density at radius 3 is 2.00 bits per heavy atom. The van der Waals surface area contributed by atoms with Gasteiger partial charge in [-0.1, -0.05) is 63.6 Å². The van der Waals surface area contributed by atoms with Crippen molar-refractivity contribution < 1.29 is 0 Å². The molecule has 0 atom stereocenters. The molecule has 0 aromatic carbocycles. The Bertz CT molecular complexity index is 108. The van der Waals surface area contributed by atoms with E-state index in [0.717, 1.165) is 11.5 Å². The van der Waals surface area contributed by atoms with Crippen molar-refractivity contribution in [3.63, 3.8) is 0 Å². The monoisotopic (exact) mass is 188 g/mol. The van der Waals surface area contributed by atoms with Crippen molar-refractivity contribution >= 4 is 11.6 Å². The fourth-order valence-electron chi connectivity index (χ4n) is 1.27. The van der Waals surface area contributed by atoms with E-state index in [4.69, 9.17) is 11.6 Å². The Morgan fingerprint density at radius 1 is 1.00 bits per heavy atom. The summed E-state index contributed by atoms with van der Waals surface area (Å²) in [5.74, 6) is 0. The molecule has 0 spiro atoms. The van der Waals surface area contributed by atoms with Gasteiger partial charge in [-0.3, -0.25) is 0 Å². The van der Waals surface area contributed by atoms with Crippen molar-refractivity contribution in [2.45, 2.75) is 58.3 Å². The second kappa shape index (κ2) is 9.12. The first-order chi connectivity index (χ1) is 5.77. The smallest absolute Gasteiger partial charge is 0.0109 e. The maximum atomic E-state index is 5.65. The van der Waals surface area contributed by atoms with Crippen molar-refractivity contribution in [2.75, 3.05) is 0 Å². The highest BCUT2D eigenvalue weighted by Gasteiger charge is 1.91. The second-order valence-corrected chi connectivity index (χ2v) is 3.92. The summed E-state index contributed by atoms with van der Waals surface area (Å²) in [7, 11) is 0. The van der Waals surface area contributed by atoms with Crippen molar-refractivity contribution in [1.82, 2.24) is 0 Å². The standard InChI is InChI=1S/C11H21Cl/c1-3-4-5-6-7-8-9-10-11(2)12/h2-10H2,1H3. The van der Waals surface area contributed by atoms with Crippen LogP contribution in [0.15, 0.2) is 11.6 Å². The van der Waals surface area contributed by atoms with Gasteiger partial charge in [0.2, 0.25) is 0 Å². The average molecular weight is 189 g/mol. The first-order valence-electron chi connectivity index (χ1n) is 5.10. The molecule has 0 bridgehead atoms. The van der Waals surface area contributed by atoms with Crippen LogP contribution in [0.25, 0.3) is 0 Å². The largest absolute Gasteiger partial charge is 0.0898 e. The lowest BCUT2D eigenvalue weighted by Gasteiger charge is -1.99. The van der Waals surface area contributed by atoms with Crippen molar-refractivity contribution in [3.8, 4) is 0 Å². The summed E-state index contributed by atoms with van der Waals surface area (Å²) in [6, 6.07) is 0. The molecule has 0 nitrogen and oxygen atoms in total. The molecule has 0 heterocycles. The molecule has 0 fully saturated rings. The molecule has 0 saturated heterocycles. The van der Waals surface area contributed by atoms with Crippen LogP contribution < -0.4 is 0 Å². The summed E-state index contributed by atoms with van der Waals surface area (Å²) in [4.78, 5) is 0. The van der Waals surface area contributed by atoms with E-state index in [1.54, 1.807) is 0 Å². The molecule has 0 aromatic rings.